The molecule has 0 aliphatic carbocycles. The normalized spacial score (nSPS) is 21.3. The minimum absolute atomic E-state index is 0.0922. The maximum absolute atomic E-state index is 5.78. The van der Waals surface area contributed by atoms with Gasteiger partial charge in [-0.25, -0.2) is 0 Å². The monoisotopic (exact) mass is 225 g/mol. The summed E-state index contributed by atoms with van der Waals surface area (Å²) in [5.41, 5.74) is -0.0922. The lowest BCUT2D eigenvalue weighted by Crippen LogP contribution is -2.55. The second-order valence-electron chi connectivity index (χ2n) is 4.23. The average molecular weight is 225 g/mol. The van der Waals surface area contributed by atoms with E-state index in [1.165, 1.54) is 0 Å². The van der Waals surface area contributed by atoms with Crippen molar-refractivity contribution in [1.82, 2.24) is 5.32 Å². The number of likely N-dealkylation sites (N-methyl/N-ethyl adjacent to an activating group) is 1. The van der Waals surface area contributed by atoms with E-state index in [0.717, 1.165) is 45.4 Å². The van der Waals surface area contributed by atoms with Crippen molar-refractivity contribution in [3.05, 3.63) is 0 Å². The Bertz CT molecular complexity index is 229. The first kappa shape index (κ1) is 13.5. The molecule has 1 aliphatic rings. The van der Waals surface area contributed by atoms with Gasteiger partial charge in [0.05, 0.1) is 5.60 Å². The highest BCUT2D eigenvalue weighted by Gasteiger charge is 2.39. The van der Waals surface area contributed by atoms with Crippen LogP contribution in [0.1, 0.15) is 32.6 Å². The van der Waals surface area contributed by atoms with Crippen LogP contribution in [-0.2, 0) is 9.47 Å². The maximum Gasteiger partial charge on any atom is 0.0875 e. The molecule has 3 nitrogen and oxygen atoms in total. The minimum atomic E-state index is -0.0922. The molecule has 1 unspecified atom stereocenters. The van der Waals surface area contributed by atoms with Crippen LogP contribution in [-0.4, -0.2) is 38.5 Å². The quantitative estimate of drug-likeness (QED) is 0.696. The van der Waals surface area contributed by atoms with E-state index in [9.17, 15) is 0 Å². The topological polar surface area (TPSA) is 30.5 Å². The van der Waals surface area contributed by atoms with Gasteiger partial charge >= 0.3 is 0 Å². The molecule has 1 aliphatic heterocycles. The SMILES string of the molecule is C#CCCC(NCC)C1(OC)CCOCC1. The number of terminal acetylenes is 1. The lowest BCUT2D eigenvalue weighted by Gasteiger charge is -2.42. The number of methoxy groups -OCH3 is 1. The van der Waals surface area contributed by atoms with Gasteiger partial charge in [0.2, 0.25) is 0 Å². The number of rotatable bonds is 6. The molecule has 0 aromatic carbocycles. The molecular weight excluding hydrogens is 202 g/mol. The number of hydrogen-bond donors (Lipinski definition) is 1. The molecule has 3 heteroatoms. The highest BCUT2D eigenvalue weighted by Crippen LogP contribution is 2.30. The van der Waals surface area contributed by atoms with Crippen molar-refractivity contribution in [1.29, 1.82) is 0 Å². The summed E-state index contributed by atoms with van der Waals surface area (Å²) in [6.07, 6.45) is 9.01. The summed E-state index contributed by atoms with van der Waals surface area (Å²) in [6, 6.07) is 0.336. The molecule has 0 saturated carbocycles. The molecule has 0 radical (unpaired) electrons. The fourth-order valence-electron chi connectivity index (χ4n) is 2.44. The van der Waals surface area contributed by atoms with E-state index < -0.39 is 0 Å². The third kappa shape index (κ3) is 3.21. The van der Waals surface area contributed by atoms with Crippen molar-refractivity contribution in [3.8, 4) is 12.3 Å². The lowest BCUT2D eigenvalue weighted by atomic mass is 9.83. The first-order chi connectivity index (χ1) is 7.79. The average Bonchev–Trinajstić information content (AvgIpc) is 2.35. The van der Waals surface area contributed by atoms with Crippen LogP contribution in [0.4, 0.5) is 0 Å². The third-order valence-corrected chi connectivity index (χ3v) is 3.41. The van der Waals surface area contributed by atoms with Gasteiger partial charge in [-0.05, 0) is 13.0 Å². The van der Waals surface area contributed by atoms with Crippen molar-refractivity contribution in [2.75, 3.05) is 26.9 Å². The van der Waals surface area contributed by atoms with Gasteiger partial charge < -0.3 is 14.8 Å². The summed E-state index contributed by atoms with van der Waals surface area (Å²) in [4.78, 5) is 0. The predicted molar refractivity (Wildman–Crippen MR) is 65.3 cm³/mol. The number of hydrogen-bond acceptors (Lipinski definition) is 3. The summed E-state index contributed by atoms with van der Waals surface area (Å²) in [5.74, 6) is 2.71. The van der Waals surface area contributed by atoms with Gasteiger partial charge in [-0.3, -0.25) is 0 Å². The van der Waals surface area contributed by atoms with Crippen LogP contribution in [0.3, 0.4) is 0 Å². The van der Waals surface area contributed by atoms with Crippen LogP contribution in [0.15, 0.2) is 0 Å². The summed E-state index contributed by atoms with van der Waals surface area (Å²) in [7, 11) is 1.80. The van der Waals surface area contributed by atoms with E-state index in [2.05, 4.69) is 18.2 Å². The zero-order valence-electron chi connectivity index (χ0n) is 10.4. The number of nitrogens with one attached hydrogen (secondary N) is 1. The first-order valence-electron chi connectivity index (χ1n) is 6.09. The molecular formula is C13H23NO2. The molecule has 1 N–H and O–H groups in total. The van der Waals surface area contributed by atoms with Crippen molar-refractivity contribution >= 4 is 0 Å². The summed E-state index contributed by atoms with van der Waals surface area (Å²) >= 11 is 0. The Morgan fingerprint density at radius 3 is 2.69 bits per heavy atom. The molecule has 1 fully saturated rings. The Balaban J connectivity index is 2.66. The van der Waals surface area contributed by atoms with Crippen LogP contribution in [0.2, 0.25) is 0 Å². The second kappa shape index (κ2) is 6.90. The van der Waals surface area contributed by atoms with Crippen LogP contribution < -0.4 is 5.32 Å². The van der Waals surface area contributed by atoms with Crippen molar-refractivity contribution in [2.45, 2.75) is 44.2 Å². The van der Waals surface area contributed by atoms with Crippen molar-refractivity contribution < 1.29 is 9.47 Å². The molecule has 1 rings (SSSR count). The molecule has 1 heterocycles. The Labute approximate surface area is 98.9 Å². The van der Waals surface area contributed by atoms with Gasteiger partial charge in [0.25, 0.3) is 0 Å². The molecule has 92 valence electrons. The zero-order valence-corrected chi connectivity index (χ0v) is 10.4. The molecule has 0 bridgehead atoms. The van der Waals surface area contributed by atoms with E-state index in [1.54, 1.807) is 7.11 Å². The van der Waals surface area contributed by atoms with Gasteiger partial charge in [-0.15, -0.1) is 12.3 Å². The molecule has 0 amide bonds. The van der Waals surface area contributed by atoms with Crippen LogP contribution in [0.25, 0.3) is 0 Å². The van der Waals surface area contributed by atoms with Crippen LogP contribution in [0, 0.1) is 12.3 Å². The molecule has 0 aromatic rings. The van der Waals surface area contributed by atoms with Gasteiger partial charge in [0.15, 0.2) is 0 Å². The standard InChI is InChI=1S/C13H23NO2/c1-4-6-7-12(14-5-2)13(15-3)8-10-16-11-9-13/h1,12,14H,5-11H2,2-3H3. The summed E-state index contributed by atoms with van der Waals surface area (Å²) in [5, 5.41) is 3.50. The second-order valence-corrected chi connectivity index (χ2v) is 4.23. The van der Waals surface area contributed by atoms with Gasteiger partial charge in [-0.1, -0.05) is 6.92 Å². The fraction of sp³-hybridized carbons (Fsp3) is 0.846. The van der Waals surface area contributed by atoms with Gasteiger partial charge in [0, 0.05) is 45.6 Å². The van der Waals surface area contributed by atoms with Crippen LogP contribution in [0.5, 0.6) is 0 Å². The molecule has 1 atom stereocenters. The number of ether oxygens (including phenoxy) is 2. The highest BCUT2D eigenvalue weighted by atomic mass is 16.5. The Morgan fingerprint density at radius 2 is 2.19 bits per heavy atom. The van der Waals surface area contributed by atoms with E-state index in [0.29, 0.717) is 6.04 Å². The third-order valence-electron chi connectivity index (χ3n) is 3.41. The summed E-state index contributed by atoms with van der Waals surface area (Å²) < 4.78 is 11.2. The van der Waals surface area contributed by atoms with Crippen molar-refractivity contribution in [3.63, 3.8) is 0 Å². The largest absolute Gasteiger partial charge is 0.381 e. The maximum atomic E-state index is 5.78. The first-order valence-corrected chi connectivity index (χ1v) is 6.09. The van der Waals surface area contributed by atoms with E-state index in [1.807, 2.05) is 0 Å². The van der Waals surface area contributed by atoms with Crippen molar-refractivity contribution in [2.24, 2.45) is 0 Å². The summed E-state index contributed by atoms with van der Waals surface area (Å²) in [6.45, 7) is 4.63. The molecule has 0 aromatic heterocycles. The zero-order chi connectivity index (χ0) is 11.9. The lowest BCUT2D eigenvalue weighted by molar-refractivity contribution is -0.111. The van der Waals surface area contributed by atoms with E-state index >= 15 is 0 Å². The Kier molecular flexibility index (Phi) is 5.83. The Hall–Kier alpha value is -0.560. The van der Waals surface area contributed by atoms with Crippen LogP contribution >= 0.6 is 0 Å². The Morgan fingerprint density at radius 1 is 1.50 bits per heavy atom. The molecule has 1 saturated heterocycles. The predicted octanol–water partition coefficient (Wildman–Crippen LogP) is 1.57. The minimum Gasteiger partial charge on any atom is -0.381 e. The van der Waals surface area contributed by atoms with E-state index in [-0.39, 0.29) is 5.60 Å². The van der Waals surface area contributed by atoms with Gasteiger partial charge in [-0.2, -0.15) is 0 Å². The van der Waals surface area contributed by atoms with E-state index in [4.69, 9.17) is 15.9 Å². The molecule has 0 spiro atoms. The fourth-order valence-corrected chi connectivity index (χ4v) is 2.44. The van der Waals surface area contributed by atoms with Gasteiger partial charge in [0.1, 0.15) is 0 Å². The smallest absolute Gasteiger partial charge is 0.0875 e. The highest BCUT2D eigenvalue weighted by molar-refractivity contribution is 4.97. The molecule has 16 heavy (non-hydrogen) atoms.